The highest BCUT2D eigenvalue weighted by Gasteiger charge is 2.11. The van der Waals surface area contributed by atoms with Gasteiger partial charge in [-0.05, 0) is 45.0 Å². The number of rotatable bonds is 4. The fraction of sp³-hybridized carbons (Fsp3) is 0.0500. The highest BCUT2D eigenvalue weighted by molar-refractivity contribution is 5.83. The Kier molecular flexibility index (Phi) is 3.68. The van der Waals surface area contributed by atoms with Gasteiger partial charge in [0.2, 0.25) is 11.8 Å². The lowest BCUT2D eigenvalue weighted by molar-refractivity contribution is 0.518. The molecule has 0 N–H and O–H groups in total. The Hall–Kier alpha value is -3.87. The van der Waals surface area contributed by atoms with Gasteiger partial charge in [-0.1, -0.05) is 48.5 Å². The Bertz CT molecular complexity index is 1210. The highest BCUT2D eigenvalue weighted by atomic mass is 16.4. The summed E-state index contributed by atoms with van der Waals surface area (Å²) in [7, 11) is 0. The fourth-order valence-corrected chi connectivity index (χ4v) is 3.03. The van der Waals surface area contributed by atoms with Crippen molar-refractivity contribution in [2.75, 3.05) is 0 Å². The van der Waals surface area contributed by atoms with Crippen LogP contribution in [0.5, 0.6) is 0 Å². The Morgan fingerprint density at radius 2 is 1.78 bits per heavy atom. The maximum Gasteiger partial charge on any atom is 0.247 e. The minimum Gasteiger partial charge on any atom is -0.420 e. The molecule has 0 fully saturated rings. The van der Waals surface area contributed by atoms with Gasteiger partial charge in [0.1, 0.15) is 6.33 Å². The first kappa shape index (κ1) is 15.4. The van der Waals surface area contributed by atoms with Gasteiger partial charge in [0.05, 0.1) is 12.1 Å². The van der Waals surface area contributed by atoms with E-state index in [0.29, 0.717) is 18.2 Å². The Labute approximate surface area is 154 Å². The summed E-state index contributed by atoms with van der Waals surface area (Å²) >= 11 is 0. The lowest BCUT2D eigenvalue weighted by Gasteiger charge is -2.02. The van der Waals surface area contributed by atoms with Gasteiger partial charge in [-0.2, -0.15) is 0 Å². The topological polar surface area (TPSA) is 82.5 Å². The molecule has 2 aromatic heterocycles. The van der Waals surface area contributed by atoms with Crippen molar-refractivity contribution in [2.24, 2.45) is 0 Å². The van der Waals surface area contributed by atoms with E-state index in [1.807, 2.05) is 36.4 Å². The van der Waals surface area contributed by atoms with Crippen molar-refractivity contribution in [1.82, 2.24) is 30.4 Å². The van der Waals surface area contributed by atoms with E-state index < -0.39 is 0 Å². The molecule has 5 aromatic rings. The summed E-state index contributed by atoms with van der Waals surface area (Å²) in [4.78, 5) is 0. The van der Waals surface area contributed by atoms with Crippen LogP contribution in [0.2, 0.25) is 0 Å². The third-order valence-electron chi connectivity index (χ3n) is 4.34. The molecule has 7 heteroatoms. The highest BCUT2D eigenvalue weighted by Crippen LogP contribution is 2.22. The van der Waals surface area contributed by atoms with Crippen LogP contribution in [0.25, 0.3) is 27.9 Å². The SMILES string of the molecule is c1cc(-c2nnc(Cc3ccc4ccccc4c3)o2)cc(-n2cnnn2)c1. The van der Waals surface area contributed by atoms with E-state index in [9.17, 15) is 0 Å². The molecule has 5 rings (SSSR count). The maximum atomic E-state index is 5.87. The van der Waals surface area contributed by atoms with Crippen LogP contribution in [0.1, 0.15) is 11.5 Å². The number of hydrogen-bond acceptors (Lipinski definition) is 6. The average Bonchev–Trinajstić information content (AvgIpc) is 3.40. The summed E-state index contributed by atoms with van der Waals surface area (Å²) in [5.74, 6) is 1.05. The van der Waals surface area contributed by atoms with Crippen LogP contribution in [0, 0.1) is 0 Å². The van der Waals surface area contributed by atoms with Crippen molar-refractivity contribution >= 4 is 10.8 Å². The summed E-state index contributed by atoms with van der Waals surface area (Å²) in [6.45, 7) is 0. The van der Waals surface area contributed by atoms with Crippen molar-refractivity contribution in [2.45, 2.75) is 6.42 Å². The smallest absolute Gasteiger partial charge is 0.247 e. The summed E-state index contributed by atoms with van der Waals surface area (Å²) in [6.07, 6.45) is 2.13. The van der Waals surface area contributed by atoms with Crippen molar-refractivity contribution in [3.8, 4) is 17.1 Å². The first-order valence-corrected chi connectivity index (χ1v) is 8.49. The van der Waals surface area contributed by atoms with E-state index in [4.69, 9.17) is 4.42 Å². The molecular weight excluding hydrogens is 340 g/mol. The van der Waals surface area contributed by atoms with Gasteiger partial charge in [0.25, 0.3) is 0 Å². The summed E-state index contributed by atoms with van der Waals surface area (Å²) in [5, 5.41) is 22.0. The third kappa shape index (κ3) is 3.06. The van der Waals surface area contributed by atoms with Crippen LogP contribution < -0.4 is 0 Å². The molecule has 27 heavy (non-hydrogen) atoms. The van der Waals surface area contributed by atoms with Crippen LogP contribution in [0.3, 0.4) is 0 Å². The Morgan fingerprint density at radius 3 is 2.67 bits per heavy atom. The standard InChI is InChI=1S/C20H14N6O/c1-2-5-16-10-14(8-9-15(16)4-1)11-19-22-23-20(27-19)17-6-3-7-18(12-17)26-13-21-24-25-26/h1-10,12-13H,11H2. The zero-order chi connectivity index (χ0) is 18.1. The second kappa shape index (κ2) is 6.45. The van der Waals surface area contributed by atoms with Crippen molar-refractivity contribution in [3.05, 3.63) is 84.5 Å². The summed E-state index contributed by atoms with van der Waals surface area (Å²) in [5.41, 5.74) is 2.78. The monoisotopic (exact) mass is 354 g/mol. The lowest BCUT2D eigenvalue weighted by Crippen LogP contribution is -1.95. The zero-order valence-electron chi connectivity index (χ0n) is 14.2. The molecule has 0 spiro atoms. The number of hydrogen-bond donors (Lipinski definition) is 0. The lowest BCUT2D eigenvalue weighted by atomic mass is 10.1. The molecule has 0 saturated carbocycles. The van der Waals surface area contributed by atoms with Gasteiger partial charge in [0, 0.05) is 5.56 Å². The molecule has 0 atom stereocenters. The van der Waals surface area contributed by atoms with Crippen LogP contribution in [0.15, 0.2) is 77.5 Å². The van der Waals surface area contributed by atoms with Gasteiger partial charge in [-0.3, -0.25) is 0 Å². The number of nitrogens with zero attached hydrogens (tertiary/aromatic N) is 6. The number of benzene rings is 3. The van der Waals surface area contributed by atoms with Crippen LogP contribution in [-0.2, 0) is 6.42 Å². The quantitative estimate of drug-likeness (QED) is 0.491. The predicted octanol–water partition coefficient (Wildman–Crippen LogP) is 3.46. The number of fused-ring (bicyclic) bond motifs is 1. The zero-order valence-corrected chi connectivity index (χ0v) is 14.2. The molecule has 0 amide bonds. The van der Waals surface area contributed by atoms with Crippen LogP contribution >= 0.6 is 0 Å². The molecule has 2 heterocycles. The minimum atomic E-state index is 0.473. The van der Waals surface area contributed by atoms with Gasteiger partial charge in [-0.15, -0.1) is 15.3 Å². The largest absolute Gasteiger partial charge is 0.420 e. The van der Waals surface area contributed by atoms with Crippen LogP contribution in [0.4, 0.5) is 0 Å². The molecule has 0 aliphatic heterocycles. The molecule has 0 unspecified atom stereocenters. The molecule has 3 aromatic carbocycles. The predicted molar refractivity (Wildman–Crippen MR) is 99.2 cm³/mol. The molecular formula is C20H14N6O. The van der Waals surface area contributed by atoms with Crippen molar-refractivity contribution in [1.29, 1.82) is 0 Å². The first-order valence-electron chi connectivity index (χ1n) is 8.49. The van der Waals surface area contributed by atoms with E-state index in [1.165, 1.54) is 17.1 Å². The first-order chi connectivity index (χ1) is 13.3. The van der Waals surface area contributed by atoms with Gasteiger partial charge in [0.15, 0.2) is 0 Å². The van der Waals surface area contributed by atoms with E-state index >= 15 is 0 Å². The van der Waals surface area contributed by atoms with E-state index in [-0.39, 0.29) is 0 Å². The number of tetrazole rings is 1. The van der Waals surface area contributed by atoms with Crippen molar-refractivity contribution in [3.63, 3.8) is 0 Å². The molecule has 0 aliphatic rings. The molecule has 130 valence electrons. The average molecular weight is 354 g/mol. The van der Waals surface area contributed by atoms with Crippen LogP contribution in [-0.4, -0.2) is 30.4 Å². The van der Waals surface area contributed by atoms with E-state index in [0.717, 1.165) is 16.8 Å². The summed E-state index contributed by atoms with van der Waals surface area (Å²) in [6, 6.07) is 22.3. The van der Waals surface area contributed by atoms with E-state index in [1.54, 1.807) is 4.68 Å². The second-order valence-electron chi connectivity index (χ2n) is 6.16. The maximum absolute atomic E-state index is 5.87. The van der Waals surface area contributed by atoms with E-state index in [2.05, 4.69) is 56.1 Å². The third-order valence-corrected chi connectivity index (χ3v) is 4.34. The van der Waals surface area contributed by atoms with Gasteiger partial charge < -0.3 is 4.42 Å². The normalized spacial score (nSPS) is 11.1. The second-order valence-corrected chi connectivity index (χ2v) is 6.16. The molecule has 7 nitrogen and oxygen atoms in total. The molecule has 0 aliphatic carbocycles. The minimum absolute atomic E-state index is 0.473. The van der Waals surface area contributed by atoms with Gasteiger partial charge >= 0.3 is 0 Å². The number of aromatic nitrogens is 6. The fourth-order valence-electron chi connectivity index (χ4n) is 3.03. The molecule has 0 bridgehead atoms. The van der Waals surface area contributed by atoms with Crippen molar-refractivity contribution < 1.29 is 4.42 Å². The summed E-state index contributed by atoms with van der Waals surface area (Å²) < 4.78 is 7.45. The Morgan fingerprint density at radius 1 is 0.852 bits per heavy atom. The molecule has 0 saturated heterocycles. The molecule has 0 radical (unpaired) electrons. The Balaban J connectivity index is 1.42. The van der Waals surface area contributed by atoms with Gasteiger partial charge in [-0.25, -0.2) is 4.68 Å².